The average molecular weight is 355 g/mol. The fourth-order valence-electron chi connectivity index (χ4n) is 3.09. The summed E-state index contributed by atoms with van der Waals surface area (Å²) >= 11 is 0. The van der Waals surface area contributed by atoms with Crippen molar-refractivity contribution in [1.82, 2.24) is 4.90 Å². The first-order chi connectivity index (χ1) is 12.5. The second-order valence-corrected chi connectivity index (χ2v) is 6.32. The molecule has 1 heterocycles. The molecule has 7 heteroatoms. The Hall–Kier alpha value is -2.93. The number of carbonyl (C=O) groups excluding carboxylic acids is 1. The van der Waals surface area contributed by atoms with Crippen molar-refractivity contribution in [2.45, 2.75) is 13.0 Å². The van der Waals surface area contributed by atoms with Crippen molar-refractivity contribution in [2.24, 2.45) is 0 Å². The van der Waals surface area contributed by atoms with Crippen molar-refractivity contribution in [2.75, 3.05) is 32.1 Å². The van der Waals surface area contributed by atoms with Gasteiger partial charge >= 0.3 is 0 Å². The molecule has 0 atom stereocenters. The molecule has 0 unspecified atom stereocenters. The number of methoxy groups -OCH3 is 1. The Morgan fingerprint density at radius 1 is 1.23 bits per heavy atom. The molecule has 1 amide bonds. The summed E-state index contributed by atoms with van der Waals surface area (Å²) in [6.45, 7) is 1.82. The van der Waals surface area contributed by atoms with Gasteiger partial charge in [0.1, 0.15) is 5.75 Å². The predicted octanol–water partition coefficient (Wildman–Crippen LogP) is 2.62. The highest BCUT2D eigenvalue weighted by Gasteiger charge is 2.21. The molecule has 2 aromatic carbocycles. The molecule has 0 saturated carbocycles. The number of carbonyl (C=O) groups is 1. The fourth-order valence-corrected chi connectivity index (χ4v) is 3.09. The van der Waals surface area contributed by atoms with E-state index in [0.29, 0.717) is 18.8 Å². The van der Waals surface area contributed by atoms with Gasteiger partial charge in [-0.1, -0.05) is 6.07 Å². The standard InChI is InChI=1S/C19H21N3O4/c1-20(16-4-6-17(7-5-16)22(24)25)19(23)13-21-10-9-14-3-8-18(26-2)11-15(14)12-21/h3-8,11H,9-10,12-13H2,1-2H3. The number of hydrogen-bond acceptors (Lipinski definition) is 5. The molecule has 1 aliphatic rings. The molecule has 0 aromatic heterocycles. The van der Waals surface area contributed by atoms with Crippen LogP contribution in [0, 0.1) is 10.1 Å². The lowest BCUT2D eigenvalue weighted by molar-refractivity contribution is -0.384. The number of benzene rings is 2. The Morgan fingerprint density at radius 2 is 1.96 bits per heavy atom. The summed E-state index contributed by atoms with van der Waals surface area (Å²) in [5, 5.41) is 10.7. The SMILES string of the molecule is COc1ccc2c(c1)CN(CC(=O)N(C)c1ccc([N+](=O)[O-])cc1)CC2. The Bertz CT molecular complexity index is 820. The van der Waals surface area contributed by atoms with Gasteiger partial charge in [-0.2, -0.15) is 0 Å². The van der Waals surface area contributed by atoms with Gasteiger partial charge in [-0.25, -0.2) is 0 Å². The molecule has 0 aliphatic carbocycles. The largest absolute Gasteiger partial charge is 0.497 e. The van der Waals surface area contributed by atoms with E-state index < -0.39 is 4.92 Å². The molecule has 0 radical (unpaired) electrons. The molecule has 0 bridgehead atoms. The number of hydrogen-bond donors (Lipinski definition) is 0. The molecule has 0 saturated heterocycles. The Balaban J connectivity index is 1.65. The number of nitro benzene ring substituents is 1. The van der Waals surface area contributed by atoms with E-state index in [1.165, 1.54) is 28.2 Å². The molecular weight excluding hydrogens is 334 g/mol. The van der Waals surface area contributed by atoms with E-state index in [-0.39, 0.29) is 11.6 Å². The maximum atomic E-state index is 12.6. The lowest BCUT2D eigenvalue weighted by atomic mass is 9.99. The third-order valence-electron chi connectivity index (χ3n) is 4.69. The molecule has 1 aliphatic heterocycles. The number of likely N-dealkylation sites (N-methyl/N-ethyl adjacent to an activating group) is 1. The lowest BCUT2D eigenvalue weighted by Crippen LogP contribution is -2.40. The van der Waals surface area contributed by atoms with E-state index in [1.807, 2.05) is 12.1 Å². The summed E-state index contributed by atoms with van der Waals surface area (Å²) in [4.78, 5) is 26.5. The van der Waals surface area contributed by atoms with E-state index in [1.54, 1.807) is 26.3 Å². The van der Waals surface area contributed by atoms with Crippen LogP contribution in [0.1, 0.15) is 11.1 Å². The van der Waals surface area contributed by atoms with Crippen LogP contribution in [-0.2, 0) is 17.8 Å². The van der Waals surface area contributed by atoms with E-state index in [2.05, 4.69) is 11.0 Å². The van der Waals surface area contributed by atoms with E-state index in [4.69, 9.17) is 4.74 Å². The zero-order chi connectivity index (χ0) is 18.7. The average Bonchev–Trinajstić information content (AvgIpc) is 2.66. The van der Waals surface area contributed by atoms with E-state index >= 15 is 0 Å². The highest BCUT2D eigenvalue weighted by atomic mass is 16.6. The monoisotopic (exact) mass is 355 g/mol. The van der Waals surface area contributed by atoms with Crippen LogP contribution in [0.2, 0.25) is 0 Å². The van der Waals surface area contributed by atoms with Crippen molar-refractivity contribution in [1.29, 1.82) is 0 Å². The quantitative estimate of drug-likeness (QED) is 0.609. The minimum absolute atomic E-state index is 0.0104. The molecule has 26 heavy (non-hydrogen) atoms. The number of rotatable bonds is 5. The van der Waals surface area contributed by atoms with Gasteiger partial charge in [-0.3, -0.25) is 19.8 Å². The molecule has 0 N–H and O–H groups in total. The van der Waals surface area contributed by atoms with Gasteiger partial charge in [0.05, 0.1) is 18.6 Å². The third-order valence-corrected chi connectivity index (χ3v) is 4.69. The van der Waals surface area contributed by atoms with E-state index in [9.17, 15) is 14.9 Å². The first kappa shape index (κ1) is 17.9. The van der Waals surface area contributed by atoms with Crippen LogP contribution in [0.5, 0.6) is 5.75 Å². The third kappa shape index (κ3) is 3.83. The van der Waals surface area contributed by atoms with Crippen molar-refractivity contribution < 1.29 is 14.5 Å². The number of nitro groups is 1. The number of amides is 1. The van der Waals surface area contributed by atoms with Crippen molar-refractivity contribution in [3.05, 3.63) is 63.7 Å². The van der Waals surface area contributed by atoms with Gasteiger partial charge < -0.3 is 9.64 Å². The first-order valence-electron chi connectivity index (χ1n) is 8.37. The molecule has 136 valence electrons. The van der Waals surface area contributed by atoms with Gasteiger partial charge in [0.2, 0.25) is 5.91 Å². The van der Waals surface area contributed by atoms with Gasteiger partial charge in [0, 0.05) is 38.0 Å². The van der Waals surface area contributed by atoms with E-state index in [0.717, 1.165) is 18.7 Å². The normalized spacial score (nSPS) is 13.8. The Kier molecular flexibility index (Phi) is 5.18. The second kappa shape index (κ2) is 7.53. The van der Waals surface area contributed by atoms with Crippen molar-refractivity contribution >= 4 is 17.3 Å². The minimum atomic E-state index is -0.453. The number of fused-ring (bicyclic) bond motifs is 1. The lowest BCUT2D eigenvalue weighted by Gasteiger charge is -2.30. The van der Waals surface area contributed by atoms with Crippen LogP contribution in [0.3, 0.4) is 0 Å². The second-order valence-electron chi connectivity index (χ2n) is 6.32. The minimum Gasteiger partial charge on any atom is -0.497 e. The summed E-state index contributed by atoms with van der Waals surface area (Å²) in [5.74, 6) is 0.769. The van der Waals surface area contributed by atoms with Crippen molar-refractivity contribution in [3.8, 4) is 5.75 Å². The van der Waals surface area contributed by atoms with Crippen LogP contribution in [-0.4, -0.2) is 43.0 Å². The summed E-state index contributed by atoms with van der Waals surface area (Å²) in [6, 6.07) is 12.0. The van der Waals surface area contributed by atoms with Gasteiger partial charge in [0.15, 0.2) is 0 Å². The zero-order valence-electron chi connectivity index (χ0n) is 14.8. The fraction of sp³-hybridized carbons (Fsp3) is 0.316. The molecule has 0 fully saturated rings. The number of anilines is 1. The van der Waals surface area contributed by atoms with Gasteiger partial charge in [0.25, 0.3) is 5.69 Å². The summed E-state index contributed by atoms with van der Waals surface area (Å²) < 4.78 is 5.28. The molecule has 3 rings (SSSR count). The summed E-state index contributed by atoms with van der Waals surface area (Å²) in [7, 11) is 3.33. The Morgan fingerprint density at radius 3 is 2.62 bits per heavy atom. The number of ether oxygens (including phenoxy) is 1. The maximum Gasteiger partial charge on any atom is 0.269 e. The van der Waals surface area contributed by atoms with Crippen LogP contribution >= 0.6 is 0 Å². The van der Waals surface area contributed by atoms with Gasteiger partial charge in [-0.05, 0) is 41.8 Å². The van der Waals surface area contributed by atoms with Crippen LogP contribution in [0.25, 0.3) is 0 Å². The number of nitrogens with zero attached hydrogens (tertiary/aromatic N) is 3. The molecule has 7 nitrogen and oxygen atoms in total. The predicted molar refractivity (Wildman–Crippen MR) is 98.5 cm³/mol. The highest BCUT2D eigenvalue weighted by Crippen LogP contribution is 2.24. The van der Waals surface area contributed by atoms with Crippen LogP contribution < -0.4 is 9.64 Å². The van der Waals surface area contributed by atoms with Crippen molar-refractivity contribution in [3.63, 3.8) is 0 Å². The summed E-state index contributed by atoms with van der Waals surface area (Å²) in [6.07, 6.45) is 0.897. The smallest absolute Gasteiger partial charge is 0.269 e. The topological polar surface area (TPSA) is 75.9 Å². The number of non-ortho nitro benzene ring substituents is 1. The van der Waals surface area contributed by atoms with Crippen LogP contribution in [0.4, 0.5) is 11.4 Å². The first-order valence-corrected chi connectivity index (χ1v) is 8.37. The molecular formula is C19H21N3O4. The molecule has 0 spiro atoms. The van der Waals surface area contributed by atoms with Gasteiger partial charge in [-0.15, -0.1) is 0 Å². The van der Waals surface area contributed by atoms with Crippen LogP contribution in [0.15, 0.2) is 42.5 Å². The Labute approximate surface area is 151 Å². The zero-order valence-corrected chi connectivity index (χ0v) is 14.8. The maximum absolute atomic E-state index is 12.6. The molecule has 2 aromatic rings. The highest BCUT2D eigenvalue weighted by molar-refractivity contribution is 5.94. The summed E-state index contributed by atoms with van der Waals surface area (Å²) in [5.41, 5.74) is 3.12.